The van der Waals surface area contributed by atoms with Crippen LogP contribution in [0, 0.1) is 0 Å². The van der Waals surface area contributed by atoms with E-state index in [-0.39, 0.29) is 12.2 Å². The molecule has 0 aliphatic heterocycles. The highest BCUT2D eigenvalue weighted by molar-refractivity contribution is 5.77. The Morgan fingerprint density at radius 3 is 2.00 bits per heavy atom. The zero-order valence-electron chi connectivity index (χ0n) is 11.8. The van der Waals surface area contributed by atoms with E-state index >= 15 is 0 Å². The third-order valence-corrected chi connectivity index (χ3v) is 2.93. The summed E-state index contributed by atoms with van der Waals surface area (Å²) in [4.78, 5) is 25.9. The Balaban J connectivity index is 3.99. The summed E-state index contributed by atoms with van der Waals surface area (Å²) in [5.41, 5.74) is 0. The van der Waals surface area contributed by atoms with Crippen LogP contribution in [0.5, 0.6) is 0 Å². The Hall–Kier alpha value is -0.940. The van der Waals surface area contributed by atoms with Crippen LogP contribution in [0.25, 0.3) is 0 Å². The predicted octanol–water partition coefficient (Wildman–Crippen LogP) is 1.08. The number of rotatable bonds is 11. The lowest BCUT2D eigenvalue weighted by molar-refractivity contribution is -0.137. The fourth-order valence-electron chi connectivity index (χ4n) is 1.90. The summed E-state index contributed by atoms with van der Waals surface area (Å²) in [6.45, 7) is 10.4. The van der Waals surface area contributed by atoms with Crippen molar-refractivity contribution in [3.63, 3.8) is 0 Å². The first kappa shape index (κ1) is 17.1. The standard InChI is InChI=1S/C13H26N2O3/c1-4-14(5-2)8-6-9-15(11-12(3)16)10-7-13(17)18/h4-11H2,1-3H3,(H,17,18). The summed E-state index contributed by atoms with van der Waals surface area (Å²) in [7, 11) is 0. The maximum absolute atomic E-state index is 11.1. The largest absolute Gasteiger partial charge is 0.481 e. The summed E-state index contributed by atoms with van der Waals surface area (Å²) in [5.74, 6) is -0.726. The molecule has 0 aromatic heterocycles. The molecule has 0 atom stereocenters. The number of carboxylic acids is 1. The van der Waals surface area contributed by atoms with Crippen molar-refractivity contribution in [3.05, 3.63) is 0 Å². The van der Waals surface area contributed by atoms with Crippen LogP contribution in [0.1, 0.15) is 33.6 Å². The van der Waals surface area contributed by atoms with E-state index in [2.05, 4.69) is 18.7 Å². The van der Waals surface area contributed by atoms with Crippen LogP contribution in [0.4, 0.5) is 0 Å². The number of carbonyl (C=O) groups excluding carboxylic acids is 1. The first-order valence-corrected chi connectivity index (χ1v) is 6.65. The molecule has 0 aromatic carbocycles. The SMILES string of the molecule is CCN(CC)CCCN(CCC(=O)O)CC(C)=O. The maximum atomic E-state index is 11.1. The molecule has 106 valence electrons. The Morgan fingerprint density at radius 1 is 1.00 bits per heavy atom. The fraction of sp³-hybridized carbons (Fsp3) is 0.846. The van der Waals surface area contributed by atoms with Gasteiger partial charge in [0, 0.05) is 6.54 Å². The average molecular weight is 258 g/mol. The van der Waals surface area contributed by atoms with Crippen molar-refractivity contribution in [2.45, 2.75) is 33.6 Å². The molecular formula is C13H26N2O3. The van der Waals surface area contributed by atoms with Crippen LogP contribution in [-0.4, -0.2) is 65.9 Å². The van der Waals surface area contributed by atoms with Crippen LogP contribution in [0.3, 0.4) is 0 Å². The molecule has 5 heteroatoms. The van der Waals surface area contributed by atoms with E-state index in [0.717, 1.165) is 32.6 Å². The van der Waals surface area contributed by atoms with Gasteiger partial charge in [0.05, 0.1) is 13.0 Å². The third kappa shape index (κ3) is 9.13. The normalized spacial score (nSPS) is 11.2. The van der Waals surface area contributed by atoms with Gasteiger partial charge >= 0.3 is 5.97 Å². The van der Waals surface area contributed by atoms with Gasteiger partial charge in [0.25, 0.3) is 0 Å². The minimum Gasteiger partial charge on any atom is -0.481 e. The summed E-state index contributed by atoms with van der Waals surface area (Å²) in [5, 5.41) is 8.67. The van der Waals surface area contributed by atoms with Crippen molar-refractivity contribution in [1.82, 2.24) is 9.80 Å². The number of nitrogens with zero attached hydrogens (tertiary/aromatic N) is 2. The minimum absolute atomic E-state index is 0.0863. The lowest BCUT2D eigenvalue weighted by atomic mass is 10.3. The molecule has 0 aliphatic carbocycles. The van der Waals surface area contributed by atoms with Crippen molar-refractivity contribution in [2.75, 3.05) is 39.3 Å². The van der Waals surface area contributed by atoms with Gasteiger partial charge < -0.3 is 10.0 Å². The zero-order chi connectivity index (χ0) is 14.0. The highest BCUT2D eigenvalue weighted by Crippen LogP contribution is 1.98. The van der Waals surface area contributed by atoms with Gasteiger partial charge in [-0.05, 0) is 39.5 Å². The Morgan fingerprint density at radius 2 is 1.56 bits per heavy atom. The second kappa shape index (κ2) is 10.0. The Labute approximate surface area is 110 Å². The van der Waals surface area contributed by atoms with E-state index < -0.39 is 5.97 Å². The second-order valence-corrected chi connectivity index (χ2v) is 4.50. The first-order chi connectivity index (χ1) is 8.49. The number of hydrogen-bond donors (Lipinski definition) is 1. The van der Waals surface area contributed by atoms with E-state index in [4.69, 9.17) is 5.11 Å². The van der Waals surface area contributed by atoms with Gasteiger partial charge in [0.1, 0.15) is 5.78 Å². The molecule has 18 heavy (non-hydrogen) atoms. The average Bonchev–Trinajstić information content (AvgIpc) is 2.30. The van der Waals surface area contributed by atoms with Gasteiger partial charge in [-0.25, -0.2) is 0 Å². The van der Waals surface area contributed by atoms with Crippen molar-refractivity contribution < 1.29 is 14.7 Å². The van der Waals surface area contributed by atoms with E-state index in [0.29, 0.717) is 13.1 Å². The Kier molecular flexibility index (Phi) is 9.50. The van der Waals surface area contributed by atoms with Crippen LogP contribution in [0.15, 0.2) is 0 Å². The van der Waals surface area contributed by atoms with Gasteiger partial charge in [-0.15, -0.1) is 0 Å². The topological polar surface area (TPSA) is 60.9 Å². The molecular weight excluding hydrogens is 232 g/mol. The van der Waals surface area contributed by atoms with Gasteiger partial charge in [-0.2, -0.15) is 0 Å². The Bertz CT molecular complexity index is 253. The number of carbonyl (C=O) groups is 2. The quantitative estimate of drug-likeness (QED) is 0.601. The predicted molar refractivity (Wildman–Crippen MR) is 71.8 cm³/mol. The molecule has 5 nitrogen and oxygen atoms in total. The lowest BCUT2D eigenvalue weighted by Gasteiger charge is -2.23. The molecule has 0 aliphatic rings. The van der Waals surface area contributed by atoms with Gasteiger partial charge in [-0.3, -0.25) is 14.5 Å². The van der Waals surface area contributed by atoms with Gasteiger partial charge in [-0.1, -0.05) is 13.8 Å². The number of hydrogen-bond acceptors (Lipinski definition) is 4. The first-order valence-electron chi connectivity index (χ1n) is 6.65. The summed E-state index contributed by atoms with van der Waals surface area (Å²) < 4.78 is 0. The summed E-state index contributed by atoms with van der Waals surface area (Å²) >= 11 is 0. The molecule has 0 saturated heterocycles. The zero-order valence-corrected chi connectivity index (χ0v) is 11.8. The molecule has 0 rings (SSSR count). The highest BCUT2D eigenvalue weighted by atomic mass is 16.4. The van der Waals surface area contributed by atoms with Crippen LogP contribution < -0.4 is 0 Å². The number of aliphatic carboxylic acids is 1. The summed E-state index contributed by atoms with van der Waals surface area (Å²) in [6, 6.07) is 0. The van der Waals surface area contributed by atoms with Crippen molar-refractivity contribution in [2.24, 2.45) is 0 Å². The molecule has 0 unspecified atom stereocenters. The summed E-state index contributed by atoms with van der Waals surface area (Å²) in [6.07, 6.45) is 1.06. The molecule has 0 bridgehead atoms. The van der Waals surface area contributed by atoms with Gasteiger partial charge in [0.15, 0.2) is 0 Å². The van der Waals surface area contributed by atoms with Crippen LogP contribution in [0.2, 0.25) is 0 Å². The van der Waals surface area contributed by atoms with E-state index in [9.17, 15) is 9.59 Å². The molecule has 0 saturated carbocycles. The molecule has 0 amide bonds. The van der Waals surface area contributed by atoms with Crippen LogP contribution >= 0.6 is 0 Å². The molecule has 0 aromatic rings. The van der Waals surface area contributed by atoms with Crippen molar-refractivity contribution in [1.29, 1.82) is 0 Å². The molecule has 0 radical (unpaired) electrons. The fourth-order valence-corrected chi connectivity index (χ4v) is 1.90. The van der Waals surface area contributed by atoms with Crippen molar-refractivity contribution >= 4 is 11.8 Å². The third-order valence-electron chi connectivity index (χ3n) is 2.93. The second-order valence-electron chi connectivity index (χ2n) is 4.50. The van der Waals surface area contributed by atoms with Crippen molar-refractivity contribution in [3.8, 4) is 0 Å². The van der Waals surface area contributed by atoms with Crippen LogP contribution in [-0.2, 0) is 9.59 Å². The molecule has 0 heterocycles. The van der Waals surface area contributed by atoms with E-state index in [1.807, 2.05) is 4.90 Å². The number of ketones is 1. The minimum atomic E-state index is -0.813. The maximum Gasteiger partial charge on any atom is 0.304 e. The van der Waals surface area contributed by atoms with E-state index in [1.165, 1.54) is 6.92 Å². The number of Topliss-reactive ketones (excluding diaryl/α,β-unsaturated/α-hetero) is 1. The van der Waals surface area contributed by atoms with E-state index in [1.54, 1.807) is 0 Å². The molecule has 0 spiro atoms. The highest BCUT2D eigenvalue weighted by Gasteiger charge is 2.10. The van der Waals surface area contributed by atoms with Gasteiger partial charge in [0.2, 0.25) is 0 Å². The lowest BCUT2D eigenvalue weighted by Crippen LogP contribution is -2.34. The molecule has 0 fully saturated rings. The monoisotopic (exact) mass is 258 g/mol. The smallest absolute Gasteiger partial charge is 0.304 e. The molecule has 1 N–H and O–H groups in total. The number of carboxylic acid groups (broad SMARTS) is 1.